The lowest BCUT2D eigenvalue weighted by Crippen LogP contribution is -2.05. The van der Waals surface area contributed by atoms with Gasteiger partial charge in [-0.25, -0.2) is 4.98 Å². The Morgan fingerprint density at radius 1 is 1.26 bits per heavy atom. The molecule has 1 atom stereocenters. The number of hydrogen-bond acceptors (Lipinski definition) is 5. The number of hydrogen-bond donors (Lipinski definition) is 4. The number of H-pyrrole nitrogens is 1. The number of nitrogens with one attached hydrogen (secondary N) is 3. The van der Waals surface area contributed by atoms with Crippen molar-refractivity contribution in [2.24, 2.45) is 5.73 Å². The van der Waals surface area contributed by atoms with Crippen LogP contribution in [0.25, 0.3) is 0 Å². The van der Waals surface area contributed by atoms with Crippen LogP contribution in [0, 0.1) is 10.8 Å². The lowest BCUT2D eigenvalue weighted by Gasteiger charge is -2.14. The van der Waals surface area contributed by atoms with Gasteiger partial charge in [0.05, 0.1) is 16.6 Å². The van der Waals surface area contributed by atoms with Crippen LogP contribution in [0.1, 0.15) is 29.0 Å². The molecule has 7 heteroatoms. The van der Waals surface area contributed by atoms with Gasteiger partial charge in [0.2, 0.25) is 0 Å². The number of aryl methyl sites for hydroxylation is 1. The topological polar surface area (TPSA) is 102 Å². The van der Waals surface area contributed by atoms with E-state index >= 15 is 0 Å². The molecule has 0 bridgehead atoms. The molecule has 0 aliphatic carbocycles. The fourth-order valence-corrected chi connectivity index (χ4v) is 3.72. The van der Waals surface area contributed by atoms with Crippen LogP contribution in [0.4, 0.5) is 0 Å². The highest BCUT2D eigenvalue weighted by atomic mass is 32.2. The van der Waals surface area contributed by atoms with Crippen LogP contribution in [0.2, 0.25) is 0 Å². The number of aromatic amines is 1. The highest BCUT2D eigenvalue weighted by Gasteiger charge is 2.15. The Morgan fingerprint density at radius 3 is 2.52 bits per heavy atom. The molecule has 122 valence electrons. The van der Waals surface area contributed by atoms with Crippen molar-refractivity contribution in [1.29, 1.82) is 10.8 Å². The van der Waals surface area contributed by atoms with Crippen molar-refractivity contribution in [2.45, 2.75) is 25.0 Å². The summed E-state index contributed by atoms with van der Waals surface area (Å²) in [5.41, 5.74) is 8.87. The minimum Gasteiger partial charge on any atom is -0.379 e. The standard InChI is InChI=1S/C16H21N5S2/c1-11(17)23-15(14-9-20-10-21-14)8-13-4-2-12(3-5-13)6-7-22-16(18)19/h2-5,9-10,15,17H,6-8H2,1H3,(H3,18,19)(H,20,21)/t15-/m0/s1. The molecule has 1 aromatic carbocycles. The Labute approximate surface area is 144 Å². The summed E-state index contributed by atoms with van der Waals surface area (Å²) in [4.78, 5) is 7.23. The number of nitrogens with two attached hydrogens (primary N) is 1. The number of benzene rings is 1. The Hall–Kier alpha value is -1.73. The van der Waals surface area contributed by atoms with Crippen LogP contribution in [0.3, 0.4) is 0 Å². The van der Waals surface area contributed by atoms with Gasteiger partial charge < -0.3 is 10.7 Å². The fourth-order valence-electron chi connectivity index (χ4n) is 2.21. The monoisotopic (exact) mass is 347 g/mol. The van der Waals surface area contributed by atoms with E-state index in [-0.39, 0.29) is 10.4 Å². The molecule has 2 rings (SSSR count). The molecule has 2 aromatic rings. The largest absolute Gasteiger partial charge is 0.379 e. The van der Waals surface area contributed by atoms with Gasteiger partial charge in [0.15, 0.2) is 5.17 Å². The molecular formula is C16H21N5S2. The molecule has 5 nitrogen and oxygen atoms in total. The summed E-state index contributed by atoms with van der Waals surface area (Å²) in [5, 5.41) is 15.9. The molecule has 0 fully saturated rings. The van der Waals surface area contributed by atoms with Gasteiger partial charge >= 0.3 is 0 Å². The van der Waals surface area contributed by atoms with Crippen molar-refractivity contribution >= 4 is 33.7 Å². The Kier molecular flexibility index (Phi) is 6.73. The maximum atomic E-state index is 7.74. The lowest BCUT2D eigenvalue weighted by atomic mass is 10.0. The number of aromatic nitrogens is 2. The molecule has 5 N–H and O–H groups in total. The van der Waals surface area contributed by atoms with E-state index in [0.29, 0.717) is 5.04 Å². The van der Waals surface area contributed by atoms with Gasteiger partial charge in [-0.2, -0.15) is 0 Å². The molecule has 0 unspecified atom stereocenters. The molecule has 0 aliphatic heterocycles. The van der Waals surface area contributed by atoms with Gasteiger partial charge in [-0.15, -0.1) is 11.8 Å². The van der Waals surface area contributed by atoms with Crippen LogP contribution >= 0.6 is 23.5 Å². The summed E-state index contributed by atoms with van der Waals surface area (Å²) in [6, 6.07) is 8.53. The van der Waals surface area contributed by atoms with E-state index in [2.05, 4.69) is 34.2 Å². The van der Waals surface area contributed by atoms with E-state index < -0.39 is 0 Å². The van der Waals surface area contributed by atoms with Crippen LogP contribution < -0.4 is 5.73 Å². The maximum Gasteiger partial charge on any atom is 0.151 e. The molecular weight excluding hydrogens is 326 g/mol. The van der Waals surface area contributed by atoms with Crippen LogP contribution in [-0.4, -0.2) is 25.9 Å². The second-order valence-corrected chi connectivity index (χ2v) is 7.71. The predicted octanol–water partition coefficient (Wildman–Crippen LogP) is 3.59. The SMILES string of the molecule is CC(=N)S[C@@H](Cc1ccc(CCSC(=N)N)cc1)c1cnc[nH]1. The van der Waals surface area contributed by atoms with Gasteiger partial charge in [0.25, 0.3) is 0 Å². The molecule has 23 heavy (non-hydrogen) atoms. The highest BCUT2D eigenvalue weighted by Crippen LogP contribution is 2.31. The third kappa shape index (κ3) is 6.11. The van der Waals surface area contributed by atoms with Gasteiger partial charge in [-0.05, 0) is 30.9 Å². The first-order valence-corrected chi connectivity index (χ1v) is 9.16. The zero-order valence-electron chi connectivity index (χ0n) is 13.0. The highest BCUT2D eigenvalue weighted by molar-refractivity contribution is 8.14. The first-order valence-electron chi connectivity index (χ1n) is 7.29. The van der Waals surface area contributed by atoms with E-state index in [4.69, 9.17) is 16.6 Å². The molecule has 0 amide bonds. The summed E-state index contributed by atoms with van der Waals surface area (Å²) in [6.07, 6.45) is 5.26. The van der Waals surface area contributed by atoms with Crippen LogP contribution in [-0.2, 0) is 12.8 Å². The molecule has 0 aliphatic rings. The van der Waals surface area contributed by atoms with Crippen molar-refractivity contribution < 1.29 is 0 Å². The van der Waals surface area contributed by atoms with E-state index in [0.717, 1.165) is 24.3 Å². The smallest absolute Gasteiger partial charge is 0.151 e. The van der Waals surface area contributed by atoms with Gasteiger partial charge in [-0.1, -0.05) is 36.0 Å². The Bertz CT molecular complexity index is 637. The summed E-state index contributed by atoms with van der Waals surface area (Å²) >= 11 is 2.91. The van der Waals surface area contributed by atoms with Crippen molar-refractivity contribution in [1.82, 2.24) is 9.97 Å². The minimum absolute atomic E-state index is 0.169. The average Bonchev–Trinajstić information content (AvgIpc) is 3.02. The Balaban J connectivity index is 1.97. The number of rotatable bonds is 7. The van der Waals surface area contributed by atoms with Crippen molar-refractivity contribution in [3.8, 4) is 0 Å². The van der Waals surface area contributed by atoms with Gasteiger partial charge in [0.1, 0.15) is 0 Å². The minimum atomic E-state index is 0.169. The maximum absolute atomic E-state index is 7.74. The summed E-state index contributed by atoms with van der Waals surface area (Å²) in [5.74, 6) is 0.828. The van der Waals surface area contributed by atoms with Crippen LogP contribution in [0.15, 0.2) is 36.8 Å². The van der Waals surface area contributed by atoms with Crippen molar-refractivity contribution in [3.05, 3.63) is 53.6 Å². The van der Waals surface area contributed by atoms with E-state index in [9.17, 15) is 0 Å². The zero-order valence-corrected chi connectivity index (χ0v) is 14.6. The van der Waals surface area contributed by atoms with E-state index in [1.165, 1.54) is 22.9 Å². The van der Waals surface area contributed by atoms with Crippen LogP contribution in [0.5, 0.6) is 0 Å². The third-order valence-electron chi connectivity index (χ3n) is 3.28. The third-order valence-corrected chi connectivity index (χ3v) is 5.06. The summed E-state index contributed by atoms with van der Waals surface area (Å²) in [7, 11) is 0. The zero-order chi connectivity index (χ0) is 16.7. The summed E-state index contributed by atoms with van der Waals surface area (Å²) in [6.45, 7) is 1.81. The second kappa shape index (κ2) is 8.79. The first kappa shape index (κ1) is 17.6. The van der Waals surface area contributed by atoms with Crippen molar-refractivity contribution in [3.63, 3.8) is 0 Å². The fraction of sp³-hybridized carbons (Fsp3) is 0.312. The number of thioether (sulfide) groups is 2. The second-order valence-electron chi connectivity index (χ2n) is 5.15. The number of imidazole rings is 1. The normalized spacial score (nSPS) is 12.0. The van der Waals surface area contributed by atoms with Crippen molar-refractivity contribution in [2.75, 3.05) is 5.75 Å². The number of nitrogens with zero attached hydrogens (tertiary/aromatic N) is 1. The average molecular weight is 348 g/mol. The molecule has 0 saturated heterocycles. The summed E-state index contributed by atoms with van der Waals surface area (Å²) < 4.78 is 0. The molecule has 0 saturated carbocycles. The van der Waals surface area contributed by atoms with Gasteiger partial charge in [-0.3, -0.25) is 10.8 Å². The van der Waals surface area contributed by atoms with Gasteiger partial charge in [0, 0.05) is 17.6 Å². The van der Waals surface area contributed by atoms with E-state index in [1.54, 1.807) is 18.1 Å². The lowest BCUT2D eigenvalue weighted by molar-refractivity contribution is 0.902. The number of amidine groups is 1. The predicted molar refractivity (Wildman–Crippen MR) is 101 cm³/mol. The molecule has 0 spiro atoms. The van der Waals surface area contributed by atoms with E-state index in [1.807, 2.05) is 13.1 Å². The quantitative estimate of drug-likeness (QED) is 0.454. The Morgan fingerprint density at radius 2 is 1.96 bits per heavy atom. The molecule has 0 radical (unpaired) electrons. The first-order chi connectivity index (χ1) is 11.0. The molecule has 1 aromatic heterocycles. The molecule has 1 heterocycles.